The van der Waals surface area contributed by atoms with E-state index in [4.69, 9.17) is 18.0 Å². The molecule has 3 nitrogen and oxygen atoms in total. The number of nitrogens with one attached hydrogen (secondary N) is 1. The van der Waals surface area contributed by atoms with Gasteiger partial charge in [0, 0.05) is 12.1 Å². The number of thiocarbonyl (C=S) groups is 1. The molecular weight excluding hydrogens is 341 g/mol. The highest BCUT2D eigenvalue weighted by Gasteiger charge is 2.18. The minimum absolute atomic E-state index is 0.192. The van der Waals surface area contributed by atoms with E-state index in [0.29, 0.717) is 21.6 Å². The van der Waals surface area contributed by atoms with Crippen LogP contribution in [0.4, 0.5) is 10.1 Å². The third-order valence-electron chi connectivity index (χ3n) is 3.77. The molecule has 0 amide bonds. The Morgan fingerprint density at radius 2 is 2.15 bits per heavy atom. The molecule has 110 valence electrons. The van der Waals surface area contributed by atoms with Crippen LogP contribution in [0.2, 0.25) is 0 Å². The van der Waals surface area contributed by atoms with Gasteiger partial charge in [-0.1, -0.05) is 12.2 Å². The van der Waals surface area contributed by atoms with Crippen LogP contribution in [0.15, 0.2) is 16.6 Å². The van der Waals surface area contributed by atoms with Crippen LogP contribution in [-0.2, 0) is 0 Å². The Kier molecular flexibility index (Phi) is 5.35. The summed E-state index contributed by atoms with van der Waals surface area (Å²) in [6, 6.07) is 3.44. The number of nitrogens with zero attached hydrogens (tertiary/aromatic N) is 1. The summed E-state index contributed by atoms with van der Waals surface area (Å²) in [5.74, 6) is 0.267. The van der Waals surface area contributed by atoms with Gasteiger partial charge in [0.15, 0.2) is 5.82 Å². The van der Waals surface area contributed by atoms with Gasteiger partial charge in [-0.15, -0.1) is 0 Å². The molecule has 2 rings (SSSR count). The summed E-state index contributed by atoms with van der Waals surface area (Å²) in [7, 11) is 2.13. The predicted molar refractivity (Wildman–Crippen MR) is 88.7 cm³/mol. The number of benzene rings is 1. The van der Waals surface area contributed by atoms with Crippen LogP contribution in [0.1, 0.15) is 18.4 Å². The molecule has 1 aliphatic heterocycles. The largest absolute Gasteiger partial charge is 0.389 e. The van der Waals surface area contributed by atoms with E-state index >= 15 is 0 Å². The number of halogens is 2. The Bertz CT molecular complexity index is 501. The van der Waals surface area contributed by atoms with Crippen molar-refractivity contribution in [2.45, 2.75) is 12.8 Å². The zero-order valence-corrected chi connectivity index (χ0v) is 13.9. The molecule has 0 aliphatic carbocycles. The quantitative estimate of drug-likeness (QED) is 0.810. The summed E-state index contributed by atoms with van der Waals surface area (Å²) in [6.45, 7) is 3.02. The molecule has 1 heterocycles. The van der Waals surface area contributed by atoms with Crippen LogP contribution in [0.5, 0.6) is 0 Å². The van der Waals surface area contributed by atoms with Gasteiger partial charge in [0.25, 0.3) is 0 Å². The molecule has 1 fully saturated rings. The molecule has 1 aromatic carbocycles. The molecule has 0 unspecified atom stereocenters. The van der Waals surface area contributed by atoms with E-state index in [1.54, 1.807) is 12.1 Å². The van der Waals surface area contributed by atoms with Gasteiger partial charge >= 0.3 is 0 Å². The Morgan fingerprint density at radius 3 is 2.75 bits per heavy atom. The number of hydrogen-bond donors (Lipinski definition) is 2. The second-order valence-electron chi connectivity index (χ2n) is 5.28. The number of nitrogens with two attached hydrogens (primary N) is 1. The molecule has 0 atom stereocenters. The van der Waals surface area contributed by atoms with Crippen molar-refractivity contribution in [1.29, 1.82) is 0 Å². The summed E-state index contributed by atoms with van der Waals surface area (Å²) < 4.78 is 14.5. The standard InChI is InChI=1S/C14H19BrFN3S/c1-19-6-4-9(5-7-19)8-18-11-3-2-10(14(17)20)12(15)13(11)16/h2-3,9,18H,4-8H2,1H3,(H2,17,20). The lowest BCUT2D eigenvalue weighted by atomic mass is 9.97. The second kappa shape index (κ2) is 6.83. The second-order valence-corrected chi connectivity index (χ2v) is 6.51. The van der Waals surface area contributed by atoms with Gasteiger partial charge in [-0.25, -0.2) is 4.39 Å². The lowest BCUT2D eigenvalue weighted by Gasteiger charge is -2.29. The van der Waals surface area contributed by atoms with E-state index in [9.17, 15) is 4.39 Å². The fourth-order valence-electron chi connectivity index (χ4n) is 2.40. The normalized spacial score (nSPS) is 17.1. The molecule has 1 saturated heterocycles. The van der Waals surface area contributed by atoms with Gasteiger partial charge in [-0.05, 0) is 67.0 Å². The number of anilines is 1. The molecule has 3 N–H and O–H groups in total. The highest BCUT2D eigenvalue weighted by Crippen LogP contribution is 2.27. The summed E-state index contributed by atoms with van der Waals surface area (Å²) in [6.07, 6.45) is 2.30. The predicted octanol–water partition coefficient (Wildman–Crippen LogP) is 2.98. The Hall–Kier alpha value is -0.720. The molecule has 0 radical (unpaired) electrons. The molecule has 1 aliphatic rings. The van der Waals surface area contributed by atoms with Gasteiger partial charge in [0.1, 0.15) is 4.99 Å². The van der Waals surface area contributed by atoms with Crippen LogP contribution in [0.3, 0.4) is 0 Å². The number of rotatable bonds is 4. The molecule has 6 heteroatoms. The van der Waals surface area contributed by atoms with Crippen molar-refractivity contribution in [2.24, 2.45) is 11.7 Å². The van der Waals surface area contributed by atoms with E-state index in [1.165, 1.54) is 0 Å². The maximum Gasteiger partial charge on any atom is 0.161 e. The van der Waals surface area contributed by atoms with Crippen molar-refractivity contribution in [1.82, 2.24) is 4.90 Å². The molecule has 0 spiro atoms. The zero-order valence-electron chi connectivity index (χ0n) is 11.5. The maximum absolute atomic E-state index is 14.2. The molecule has 20 heavy (non-hydrogen) atoms. The van der Waals surface area contributed by atoms with Crippen molar-refractivity contribution < 1.29 is 4.39 Å². The van der Waals surface area contributed by atoms with Gasteiger partial charge in [-0.3, -0.25) is 0 Å². The van der Waals surface area contributed by atoms with E-state index < -0.39 is 0 Å². The lowest BCUT2D eigenvalue weighted by Crippen LogP contribution is -2.33. The van der Waals surface area contributed by atoms with Crippen molar-refractivity contribution in [3.05, 3.63) is 28.0 Å². The number of hydrogen-bond acceptors (Lipinski definition) is 3. The minimum Gasteiger partial charge on any atom is -0.389 e. The summed E-state index contributed by atoms with van der Waals surface area (Å²) >= 11 is 8.10. The first-order valence-corrected chi connectivity index (χ1v) is 7.89. The summed E-state index contributed by atoms with van der Waals surface area (Å²) in [4.78, 5) is 2.52. The molecular formula is C14H19BrFN3S. The van der Waals surface area contributed by atoms with E-state index in [-0.39, 0.29) is 10.8 Å². The van der Waals surface area contributed by atoms with Crippen LogP contribution in [0, 0.1) is 11.7 Å². The average Bonchev–Trinajstić information content (AvgIpc) is 2.42. The van der Waals surface area contributed by atoms with Crippen LogP contribution in [-0.4, -0.2) is 36.6 Å². The highest BCUT2D eigenvalue weighted by atomic mass is 79.9. The summed E-state index contributed by atoms with van der Waals surface area (Å²) in [5, 5.41) is 3.20. The maximum atomic E-state index is 14.2. The molecule has 0 saturated carbocycles. The van der Waals surface area contributed by atoms with Crippen LogP contribution >= 0.6 is 28.1 Å². The van der Waals surface area contributed by atoms with Gasteiger partial charge < -0.3 is 16.0 Å². The minimum atomic E-state index is -0.330. The zero-order chi connectivity index (χ0) is 14.7. The summed E-state index contributed by atoms with van der Waals surface area (Å²) in [5.41, 5.74) is 6.57. The van der Waals surface area contributed by atoms with Crippen LogP contribution < -0.4 is 11.1 Å². The first-order valence-electron chi connectivity index (χ1n) is 6.69. The Labute approximate surface area is 132 Å². The first-order chi connectivity index (χ1) is 9.49. The van der Waals surface area contributed by atoms with Crippen LogP contribution in [0.25, 0.3) is 0 Å². The average molecular weight is 360 g/mol. The molecule has 0 aromatic heterocycles. The number of likely N-dealkylation sites (tertiary alicyclic amines) is 1. The van der Waals surface area contributed by atoms with Crippen molar-refractivity contribution in [3.8, 4) is 0 Å². The first kappa shape index (κ1) is 15.7. The van der Waals surface area contributed by atoms with Gasteiger partial charge in [0.05, 0.1) is 10.2 Å². The van der Waals surface area contributed by atoms with Gasteiger partial charge in [-0.2, -0.15) is 0 Å². The van der Waals surface area contributed by atoms with Crippen molar-refractivity contribution in [3.63, 3.8) is 0 Å². The fourth-order valence-corrected chi connectivity index (χ4v) is 3.26. The van der Waals surface area contributed by atoms with Gasteiger partial charge in [0.2, 0.25) is 0 Å². The topological polar surface area (TPSA) is 41.3 Å². The SMILES string of the molecule is CN1CCC(CNc2ccc(C(N)=S)c(Br)c2F)CC1. The Balaban J connectivity index is 2.00. The van der Waals surface area contributed by atoms with E-state index in [1.807, 2.05) is 0 Å². The third-order valence-corrected chi connectivity index (χ3v) is 4.76. The highest BCUT2D eigenvalue weighted by molar-refractivity contribution is 9.10. The third kappa shape index (κ3) is 3.68. The Morgan fingerprint density at radius 1 is 1.50 bits per heavy atom. The lowest BCUT2D eigenvalue weighted by molar-refractivity contribution is 0.226. The monoisotopic (exact) mass is 359 g/mol. The van der Waals surface area contributed by atoms with E-state index in [2.05, 4.69) is 33.2 Å². The number of piperidine rings is 1. The van der Waals surface area contributed by atoms with E-state index in [0.717, 1.165) is 32.5 Å². The molecule has 0 bridgehead atoms. The van der Waals surface area contributed by atoms with Crippen molar-refractivity contribution >= 4 is 38.8 Å². The molecule has 1 aromatic rings. The van der Waals surface area contributed by atoms with Crippen molar-refractivity contribution in [2.75, 3.05) is 32.0 Å². The fraction of sp³-hybridized carbons (Fsp3) is 0.500. The smallest absolute Gasteiger partial charge is 0.161 e.